The quantitative estimate of drug-likeness (QED) is 0.474. The average molecular weight is 153 g/mol. The molecular weight excluding hydrogens is 146 g/mol. The van der Waals surface area contributed by atoms with Crippen LogP contribution in [0.1, 0.15) is 6.42 Å². The SMILES string of the molecule is N#CCC(=O)NC1CNC1=O. The van der Waals surface area contributed by atoms with Crippen molar-refractivity contribution in [2.24, 2.45) is 0 Å². The number of hydrogen-bond acceptors (Lipinski definition) is 3. The largest absolute Gasteiger partial charge is 0.352 e. The molecule has 11 heavy (non-hydrogen) atoms. The fourth-order valence-electron chi connectivity index (χ4n) is 0.721. The Labute approximate surface area is 63.4 Å². The molecule has 0 radical (unpaired) electrons. The van der Waals surface area contributed by atoms with Gasteiger partial charge in [0, 0.05) is 6.54 Å². The van der Waals surface area contributed by atoms with E-state index in [0.717, 1.165) is 0 Å². The number of nitrogens with one attached hydrogen (secondary N) is 2. The van der Waals surface area contributed by atoms with Gasteiger partial charge in [-0.25, -0.2) is 0 Å². The highest BCUT2D eigenvalue weighted by Gasteiger charge is 2.28. The Bertz CT molecular complexity index is 230. The van der Waals surface area contributed by atoms with Crippen LogP contribution in [-0.2, 0) is 9.59 Å². The molecule has 1 fully saturated rings. The van der Waals surface area contributed by atoms with Gasteiger partial charge in [0.15, 0.2) is 0 Å². The molecule has 1 unspecified atom stereocenters. The lowest BCUT2D eigenvalue weighted by Gasteiger charge is -2.26. The van der Waals surface area contributed by atoms with Gasteiger partial charge in [-0.05, 0) is 0 Å². The monoisotopic (exact) mass is 153 g/mol. The summed E-state index contributed by atoms with van der Waals surface area (Å²) in [5, 5.41) is 13.0. The first-order valence-corrected chi connectivity index (χ1v) is 3.18. The van der Waals surface area contributed by atoms with Crippen molar-refractivity contribution in [2.45, 2.75) is 12.5 Å². The maximum absolute atomic E-state index is 10.7. The molecule has 58 valence electrons. The number of hydrogen-bond donors (Lipinski definition) is 2. The molecule has 1 rings (SSSR count). The molecular formula is C6H7N3O2. The summed E-state index contributed by atoms with van der Waals surface area (Å²) in [4.78, 5) is 21.2. The van der Waals surface area contributed by atoms with Gasteiger partial charge in [-0.1, -0.05) is 0 Å². The molecule has 1 aliphatic heterocycles. The van der Waals surface area contributed by atoms with Crippen molar-refractivity contribution < 1.29 is 9.59 Å². The van der Waals surface area contributed by atoms with E-state index >= 15 is 0 Å². The normalized spacial score (nSPS) is 21.0. The minimum absolute atomic E-state index is 0.184. The molecule has 0 aromatic heterocycles. The predicted molar refractivity (Wildman–Crippen MR) is 35.2 cm³/mol. The lowest BCUT2D eigenvalue weighted by Crippen LogP contribution is -2.61. The van der Waals surface area contributed by atoms with Crippen molar-refractivity contribution in [1.82, 2.24) is 10.6 Å². The molecule has 0 saturated carbocycles. The van der Waals surface area contributed by atoms with Crippen molar-refractivity contribution in [3.63, 3.8) is 0 Å². The number of nitriles is 1. The van der Waals surface area contributed by atoms with Gasteiger partial charge in [0.1, 0.15) is 12.5 Å². The summed E-state index contributed by atoms with van der Waals surface area (Å²) in [6.45, 7) is 0.468. The van der Waals surface area contributed by atoms with Gasteiger partial charge in [0.05, 0.1) is 6.07 Å². The molecule has 1 aliphatic rings. The van der Waals surface area contributed by atoms with Crippen LogP contribution >= 0.6 is 0 Å². The zero-order valence-electron chi connectivity index (χ0n) is 5.76. The van der Waals surface area contributed by atoms with Gasteiger partial charge in [-0.2, -0.15) is 5.26 Å². The Hall–Kier alpha value is -1.57. The van der Waals surface area contributed by atoms with Gasteiger partial charge >= 0.3 is 0 Å². The zero-order valence-corrected chi connectivity index (χ0v) is 5.76. The van der Waals surface area contributed by atoms with Crippen molar-refractivity contribution in [3.8, 4) is 6.07 Å². The molecule has 5 heteroatoms. The topological polar surface area (TPSA) is 82.0 Å². The Balaban J connectivity index is 2.26. The van der Waals surface area contributed by atoms with Gasteiger partial charge in [-0.3, -0.25) is 9.59 Å². The van der Waals surface area contributed by atoms with Crippen LogP contribution in [-0.4, -0.2) is 24.4 Å². The van der Waals surface area contributed by atoms with E-state index in [1.807, 2.05) is 0 Å². The third-order valence-electron chi connectivity index (χ3n) is 1.37. The summed E-state index contributed by atoms with van der Waals surface area (Å²) >= 11 is 0. The molecule has 0 aromatic carbocycles. The number of nitrogens with zero attached hydrogens (tertiary/aromatic N) is 1. The maximum atomic E-state index is 10.7. The Morgan fingerprint density at radius 3 is 3.00 bits per heavy atom. The van der Waals surface area contributed by atoms with Crippen molar-refractivity contribution in [1.29, 1.82) is 5.26 Å². The van der Waals surface area contributed by atoms with Crippen LogP contribution in [0.2, 0.25) is 0 Å². The first-order valence-electron chi connectivity index (χ1n) is 3.18. The fourth-order valence-corrected chi connectivity index (χ4v) is 0.721. The molecule has 0 aliphatic carbocycles. The third-order valence-corrected chi connectivity index (χ3v) is 1.37. The van der Waals surface area contributed by atoms with Crippen LogP contribution in [0, 0.1) is 11.3 Å². The first kappa shape index (κ1) is 7.54. The second kappa shape index (κ2) is 3.01. The first-order chi connectivity index (χ1) is 5.24. The molecule has 0 aromatic rings. The summed E-state index contributed by atoms with van der Waals surface area (Å²) in [7, 11) is 0. The van der Waals surface area contributed by atoms with Crippen molar-refractivity contribution >= 4 is 11.8 Å². The highest BCUT2D eigenvalue weighted by Crippen LogP contribution is 1.93. The number of amides is 2. The summed E-state index contributed by atoms with van der Waals surface area (Å²) in [5.41, 5.74) is 0. The minimum Gasteiger partial charge on any atom is -0.352 e. The van der Waals surface area contributed by atoms with Crippen LogP contribution in [0.5, 0.6) is 0 Å². The number of carbonyl (C=O) groups excluding carboxylic acids is 2. The van der Waals surface area contributed by atoms with E-state index in [1.165, 1.54) is 0 Å². The van der Waals surface area contributed by atoms with E-state index in [0.29, 0.717) is 6.54 Å². The van der Waals surface area contributed by atoms with E-state index in [4.69, 9.17) is 5.26 Å². The van der Waals surface area contributed by atoms with Crippen LogP contribution in [0.4, 0.5) is 0 Å². The fraction of sp³-hybridized carbons (Fsp3) is 0.500. The predicted octanol–water partition coefficient (Wildman–Crippen LogP) is -1.49. The lowest BCUT2D eigenvalue weighted by molar-refractivity contribution is -0.133. The Morgan fingerprint density at radius 2 is 2.64 bits per heavy atom. The lowest BCUT2D eigenvalue weighted by atomic mass is 10.1. The molecule has 0 spiro atoms. The molecule has 1 saturated heterocycles. The summed E-state index contributed by atoms with van der Waals surface area (Å²) in [6, 6.07) is 1.27. The van der Waals surface area contributed by atoms with Gasteiger partial charge < -0.3 is 10.6 Å². The van der Waals surface area contributed by atoms with Gasteiger partial charge in [-0.15, -0.1) is 0 Å². The number of β-lactam (4-membered cyclic amide) rings is 1. The van der Waals surface area contributed by atoms with Crippen LogP contribution < -0.4 is 10.6 Å². The second-order valence-electron chi connectivity index (χ2n) is 2.20. The summed E-state index contributed by atoms with van der Waals surface area (Å²) in [5.74, 6) is -0.580. The van der Waals surface area contributed by atoms with Gasteiger partial charge in [0.2, 0.25) is 11.8 Å². The minimum atomic E-state index is -0.421. The van der Waals surface area contributed by atoms with Crippen LogP contribution in [0.3, 0.4) is 0 Å². The molecule has 0 bridgehead atoms. The second-order valence-corrected chi connectivity index (χ2v) is 2.20. The standard InChI is InChI=1S/C6H7N3O2/c7-2-1-5(10)9-4-3-8-6(4)11/h4H,1,3H2,(H,8,11)(H,9,10). The summed E-state index contributed by atoms with van der Waals surface area (Å²) < 4.78 is 0. The van der Waals surface area contributed by atoms with E-state index < -0.39 is 11.9 Å². The van der Waals surface area contributed by atoms with Crippen LogP contribution in [0.25, 0.3) is 0 Å². The highest BCUT2D eigenvalue weighted by atomic mass is 16.2. The van der Waals surface area contributed by atoms with Crippen LogP contribution in [0.15, 0.2) is 0 Å². The van der Waals surface area contributed by atoms with E-state index in [9.17, 15) is 9.59 Å². The maximum Gasteiger partial charge on any atom is 0.244 e. The molecule has 1 atom stereocenters. The third kappa shape index (κ3) is 1.67. The van der Waals surface area contributed by atoms with E-state index in [1.54, 1.807) is 6.07 Å². The summed E-state index contributed by atoms with van der Waals surface area (Å²) in [6.07, 6.45) is -0.191. The van der Waals surface area contributed by atoms with E-state index in [2.05, 4.69) is 10.6 Å². The van der Waals surface area contributed by atoms with Gasteiger partial charge in [0.25, 0.3) is 0 Å². The zero-order chi connectivity index (χ0) is 8.27. The Morgan fingerprint density at radius 1 is 1.91 bits per heavy atom. The average Bonchev–Trinajstić information content (AvgIpc) is 1.98. The van der Waals surface area contributed by atoms with E-state index in [-0.39, 0.29) is 12.3 Å². The Kier molecular flexibility index (Phi) is 2.06. The number of carbonyl (C=O) groups is 2. The smallest absolute Gasteiger partial charge is 0.244 e. The molecule has 1 heterocycles. The van der Waals surface area contributed by atoms with Crippen molar-refractivity contribution in [2.75, 3.05) is 6.54 Å². The number of rotatable bonds is 2. The molecule has 2 N–H and O–H groups in total. The highest BCUT2D eigenvalue weighted by molar-refractivity contribution is 5.92. The van der Waals surface area contributed by atoms with Crippen molar-refractivity contribution in [3.05, 3.63) is 0 Å². The molecule has 5 nitrogen and oxygen atoms in total. The molecule has 2 amide bonds.